The molecule has 1 amide bonds. The molecule has 0 aliphatic carbocycles. The number of nitrogens with one attached hydrogen (secondary N) is 2. The Balaban J connectivity index is 1.70. The number of carbonyl (C=O) groups is 1. The molecule has 5 nitrogen and oxygen atoms in total. The number of para-hydroxylation sites is 1. The van der Waals surface area contributed by atoms with Crippen molar-refractivity contribution in [2.24, 2.45) is 0 Å². The fourth-order valence-electron chi connectivity index (χ4n) is 2.30. The summed E-state index contributed by atoms with van der Waals surface area (Å²) in [5.41, 5.74) is 0.335. The third-order valence-electron chi connectivity index (χ3n) is 3.48. The van der Waals surface area contributed by atoms with Crippen molar-refractivity contribution in [1.29, 1.82) is 0 Å². The van der Waals surface area contributed by atoms with Crippen LogP contribution < -0.4 is 10.9 Å². The molecule has 0 saturated carbocycles. The first-order valence-electron chi connectivity index (χ1n) is 7.26. The lowest BCUT2D eigenvalue weighted by Crippen LogP contribution is -2.16. The SMILES string of the molecule is O=C(CCc1nc2ccccc2c(=O)[nH]1)Nc1cccc(Cl)c1F. The Morgan fingerprint density at radius 2 is 2.00 bits per heavy atom. The van der Waals surface area contributed by atoms with Gasteiger partial charge in [0.25, 0.3) is 5.56 Å². The molecule has 0 radical (unpaired) electrons. The van der Waals surface area contributed by atoms with Crippen molar-refractivity contribution in [1.82, 2.24) is 9.97 Å². The molecule has 2 aromatic carbocycles. The van der Waals surface area contributed by atoms with Gasteiger partial charge in [0.05, 0.1) is 21.6 Å². The first-order chi connectivity index (χ1) is 11.5. The topological polar surface area (TPSA) is 74.8 Å². The molecule has 0 aliphatic rings. The number of fused-ring (bicyclic) bond motifs is 1. The fraction of sp³-hybridized carbons (Fsp3) is 0.118. The highest BCUT2D eigenvalue weighted by molar-refractivity contribution is 6.31. The van der Waals surface area contributed by atoms with Crippen LogP contribution in [0.15, 0.2) is 47.3 Å². The van der Waals surface area contributed by atoms with Crippen LogP contribution >= 0.6 is 11.6 Å². The van der Waals surface area contributed by atoms with Gasteiger partial charge in [-0.2, -0.15) is 0 Å². The fourth-order valence-corrected chi connectivity index (χ4v) is 2.47. The molecule has 122 valence electrons. The highest BCUT2D eigenvalue weighted by Gasteiger charge is 2.11. The van der Waals surface area contributed by atoms with E-state index in [1.54, 1.807) is 30.3 Å². The van der Waals surface area contributed by atoms with Gasteiger partial charge in [0, 0.05) is 12.8 Å². The van der Waals surface area contributed by atoms with Crippen LogP contribution in [0.25, 0.3) is 10.9 Å². The summed E-state index contributed by atoms with van der Waals surface area (Å²) >= 11 is 5.67. The summed E-state index contributed by atoms with van der Waals surface area (Å²) < 4.78 is 13.7. The highest BCUT2D eigenvalue weighted by atomic mass is 35.5. The Labute approximate surface area is 141 Å². The predicted octanol–water partition coefficient (Wildman–Crippen LogP) is 3.29. The van der Waals surface area contributed by atoms with Crippen LogP contribution in [-0.2, 0) is 11.2 Å². The number of carbonyl (C=O) groups excluding carboxylic acids is 1. The van der Waals surface area contributed by atoms with Gasteiger partial charge in [-0.05, 0) is 24.3 Å². The molecule has 0 atom stereocenters. The van der Waals surface area contributed by atoms with Crippen molar-refractivity contribution in [3.05, 3.63) is 69.5 Å². The van der Waals surface area contributed by atoms with Crippen molar-refractivity contribution >= 4 is 34.1 Å². The normalized spacial score (nSPS) is 10.8. The van der Waals surface area contributed by atoms with E-state index in [1.165, 1.54) is 12.1 Å². The van der Waals surface area contributed by atoms with Crippen molar-refractivity contribution in [3.8, 4) is 0 Å². The van der Waals surface area contributed by atoms with Crippen LogP contribution in [0, 0.1) is 5.82 Å². The minimum absolute atomic E-state index is 0.0208. The van der Waals surface area contributed by atoms with Crippen LogP contribution in [0.1, 0.15) is 12.2 Å². The van der Waals surface area contributed by atoms with Gasteiger partial charge >= 0.3 is 0 Å². The lowest BCUT2D eigenvalue weighted by Gasteiger charge is -2.07. The van der Waals surface area contributed by atoms with Crippen LogP contribution in [0.4, 0.5) is 10.1 Å². The average molecular weight is 346 g/mol. The van der Waals surface area contributed by atoms with Crippen molar-refractivity contribution < 1.29 is 9.18 Å². The number of rotatable bonds is 4. The molecule has 0 saturated heterocycles. The molecule has 0 spiro atoms. The highest BCUT2D eigenvalue weighted by Crippen LogP contribution is 2.22. The van der Waals surface area contributed by atoms with E-state index in [9.17, 15) is 14.0 Å². The first kappa shape index (κ1) is 16.1. The molecular weight excluding hydrogens is 333 g/mol. The molecule has 7 heteroatoms. The second-order valence-electron chi connectivity index (χ2n) is 5.18. The Hall–Kier alpha value is -2.73. The molecule has 24 heavy (non-hydrogen) atoms. The summed E-state index contributed by atoms with van der Waals surface area (Å²) in [7, 11) is 0. The minimum atomic E-state index is -0.676. The number of amides is 1. The van der Waals surface area contributed by atoms with Crippen LogP contribution in [0.2, 0.25) is 5.02 Å². The quantitative estimate of drug-likeness (QED) is 0.762. The van der Waals surface area contributed by atoms with Gasteiger partial charge < -0.3 is 10.3 Å². The van der Waals surface area contributed by atoms with Crippen LogP contribution in [0.3, 0.4) is 0 Å². The van der Waals surface area contributed by atoms with Gasteiger partial charge in [-0.3, -0.25) is 9.59 Å². The third kappa shape index (κ3) is 3.44. The summed E-state index contributed by atoms with van der Waals surface area (Å²) in [5.74, 6) is -0.669. The Morgan fingerprint density at radius 3 is 2.83 bits per heavy atom. The van der Waals surface area contributed by atoms with Gasteiger partial charge in [-0.1, -0.05) is 29.8 Å². The summed E-state index contributed by atoms with van der Waals surface area (Å²) in [6.45, 7) is 0. The number of aromatic nitrogens is 2. The Kier molecular flexibility index (Phi) is 4.57. The first-order valence-corrected chi connectivity index (χ1v) is 7.64. The molecule has 2 N–H and O–H groups in total. The van der Waals surface area contributed by atoms with E-state index in [-0.39, 0.29) is 29.1 Å². The Bertz CT molecular complexity index is 971. The largest absolute Gasteiger partial charge is 0.324 e. The number of halogens is 2. The number of aromatic amines is 1. The molecule has 1 heterocycles. The maximum absolute atomic E-state index is 13.7. The van der Waals surface area contributed by atoms with E-state index in [2.05, 4.69) is 15.3 Å². The number of hydrogen-bond donors (Lipinski definition) is 2. The smallest absolute Gasteiger partial charge is 0.258 e. The Morgan fingerprint density at radius 1 is 1.21 bits per heavy atom. The average Bonchev–Trinajstić information content (AvgIpc) is 2.57. The van der Waals surface area contributed by atoms with Crippen LogP contribution in [-0.4, -0.2) is 15.9 Å². The van der Waals surface area contributed by atoms with Gasteiger partial charge in [-0.25, -0.2) is 9.37 Å². The van der Waals surface area contributed by atoms with Gasteiger partial charge in [0.2, 0.25) is 5.91 Å². The summed E-state index contributed by atoms with van der Waals surface area (Å²) in [5, 5.41) is 2.89. The zero-order valence-corrected chi connectivity index (χ0v) is 13.2. The van der Waals surface area contributed by atoms with E-state index >= 15 is 0 Å². The number of nitrogens with zero attached hydrogens (tertiary/aromatic N) is 1. The zero-order valence-electron chi connectivity index (χ0n) is 12.5. The molecule has 3 aromatic rings. The molecule has 0 bridgehead atoms. The second kappa shape index (κ2) is 6.80. The van der Waals surface area contributed by atoms with Crippen LogP contribution in [0.5, 0.6) is 0 Å². The predicted molar refractivity (Wildman–Crippen MR) is 90.7 cm³/mol. The standard InChI is InChI=1S/C17H13ClFN3O2/c18-11-5-3-7-13(16(11)19)21-15(23)9-8-14-20-12-6-2-1-4-10(12)17(24)22-14/h1-7H,8-9H2,(H,21,23)(H,20,22,24). The number of H-pyrrole nitrogens is 1. The van der Waals surface area contributed by atoms with Crippen molar-refractivity contribution in [2.45, 2.75) is 12.8 Å². The minimum Gasteiger partial charge on any atom is -0.324 e. The number of hydrogen-bond acceptors (Lipinski definition) is 3. The van der Waals surface area contributed by atoms with E-state index in [4.69, 9.17) is 11.6 Å². The lowest BCUT2D eigenvalue weighted by molar-refractivity contribution is -0.116. The van der Waals surface area contributed by atoms with E-state index in [1.807, 2.05) is 0 Å². The monoisotopic (exact) mass is 345 g/mol. The summed E-state index contributed by atoms with van der Waals surface area (Å²) in [4.78, 5) is 30.9. The molecule has 0 aliphatic heterocycles. The third-order valence-corrected chi connectivity index (χ3v) is 3.77. The van der Waals surface area contributed by atoms with E-state index in [0.29, 0.717) is 16.7 Å². The lowest BCUT2D eigenvalue weighted by atomic mass is 10.2. The summed E-state index contributed by atoms with van der Waals surface area (Å²) in [6, 6.07) is 11.3. The molecule has 3 rings (SSSR count). The maximum atomic E-state index is 13.7. The van der Waals surface area contributed by atoms with Gasteiger partial charge in [-0.15, -0.1) is 0 Å². The van der Waals surface area contributed by atoms with E-state index in [0.717, 1.165) is 0 Å². The molecule has 0 fully saturated rings. The summed E-state index contributed by atoms with van der Waals surface area (Å²) in [6.07, 6.45) is 0.279. The van der Waals surface area contributed by atoms with Crippen molar-refractivity contribution in [3.63, 3.8) is 0 Å². The molecule has 1 aromatic heterocycles. The number of anilines is 1. The van der Waals surface area contributed by atoms with Crippen molar-refractivity contribution in [2.75, 3.05) is 5.32 Å². The second-order valence-corrected chi connectivity index (χ2v) is 5.59. The van der Waals surface area contributed by atoms with Gasteiger partial charge in [0.15, 0.2) is 5.82 Å². The maximum Gasteiger partial charge on any atom is 0.258 e. The zero-order chi connectivity index (χ0) is 17.1. The van der Waals surface area contributed by atoms with E-state index < -0.39 is 11.7 Å². The van der Waals surface area contributed by atoms with Gasteiger partial charge in [0.1, 0.15) is 5.82 Å². The number of aryl methyl sites for hydroxylation is 1. The number of benzene rings is 2. The molecule has 0 unspecified atom stereocenters. The molecular formula is C17H13ClFN3O2.